The Morgan fingerprint density at radius 1 is 1.44 bits per heavy atom. The van der Waals surface area contributed by atoms with Gasteiger partial charge in [-0.15, -0.1) is 11.3 Å². The summed E-state index contributed by atoms with van der Waals surface area (Å²) < 4.78 is 0. The summed E-state index contributed by atoms with van der Waals surface area (Å²) in [5, 5.41) is 6.96. The van der Waals surface area contributed by atoms with Gasteiger partial charge in [0.1, 0.15) is 5.01 Å². The average molecular weight is 240 g/mol. The maximum Gasteiger partial charge on any atom is 0.112 e. The first-order valence-electron chi connectivity index (χ1n) is 6.27. The van der Waals surface area contributed by atoms with Crippen LogP contribution in [0.15, 0.2) is 11.6 Å². The number of hydrogen-bond acceptors (Lipinski definition) is 3. The molecule has 0 spiro atoms. The van der Waals surface area contributed by atoms with Crippen LogP contribution in [0.1, 0.15) is 58.4 Å². The molecule has 1 N–H and O–H groups in total. The second-order valence-electron chi connectivity index (χ2n) is 4.85. The van der Waals surface area contributed by atoms with Crippen molar-refractivity contribution >= 4 is 11.3 Å². The van der Waals surface area contributed by atoms with E-state index < -0.39 is 0 Å². The van der Waals surface area contributed by atoms with Crippen LogP contribution in [-0.2, 0) is 5.54 Å². The van der Waals surface area contributed by atoms with Crippen LogP contribution < -0.4 is 5.32 Å². The molecule has 0 saturated carbocycles. The predicted molar refractivity (Wildman–Crippen MR) is 71.9 cm³/mol. The van der Waals surface area contributed by atoms with Gasteiger partial charge in [-0.1, -0.05) is 26.7 Å². The zero-order valence-corrected chi connectivity index (χ0v) is 11.7. The second-order valence-corrected chi connectivity index (χ2v) is 5.75. The maximum atomic E-state index is 4.41. The third kappa shape index (κ3) is 3.87. The second kappa shape index (κ2) is 6.36. The summed E-state index contributed by atoms with van der Waals surface area (Å²) in [6.07, 6.45) is 6.92. The lowest BCUT2D eigenvalue weighted by Gasteiger charge is -2.30. The van der Waals surface area contributed by atoms with E-state index in [1.54, 1.807) is 11.3 Å². The van der Waals surface area contributed by atoms with Gasteiger partial charge in [0.25, 0.3) is 0 Å². The highest BCUT2D eigenvalue weighted by Gasteiger charge is 2.25. The molecular formula is C13H24N2S. The van der Waals surface area contributed by atoms with Crippen LogP contribution in [0.3, 0.4) is 0 Å². The zero-order chi connectivity index (χ0) is 12.0. The van der Waals surface area contributed by atoms with Crippen molar-refractivity contribution in [1.82, 2.24) is 10.3 Å². The van der Waals surface area contributed by atoms with Gasteiger partial charge in [0, 0.05) is 17.6 Å². The van der Waals surface area contributed by atoms with E-state index >= 15 is 0 Å². The number of unbranched alkanes of at least 4 members (excludes halogenated alkanes) is 1. The molecule has 16 heavy (non-hydrogen) atoms. The Kier molecular flexibility index (Phi) is 5.42. The molecule has 0 aliphatic carbocycles. The first kappa shape index (κ1) is 13.7. The smallest absolute Gasteiger partial charge is 0.112 e. The third-order valence-electron chi connectivity index (χ3n) is 2.93. The van der Waals surface area contributed by atoms with Crippen LogP contribution in [0.25, 0.3) is 0 Å². The quantitative estimate of drug-likeness (QED) is 0.781. The fourth-order valence-corrected chi connectivity index (χ4v) is 2.66. The third-order valence-corrected chi connectivity index (χ3v) is 4.03. The van der Waals surface area contributed by atoms with E-state index in [1.807, 2.05) is 11.6 Å². The van der Waals surface area contributed by atoms with Gasteiger partial charge in [-0.25, -0.2) is 4.98 Å². The lowest BCUT2D eigenvalue weighted by Crippen LogP contribution is -2.43. The number of aromatic nitrogens is 1. The number of nitrogens with zero attached hydrogens (tertiary/aromatic N) is 1. The van der Waals surface area contributed by atoms with Crippen molar-refractivity contribution in [3.8, 4) is 0 Å². The molecule has 0 aliphatic rings. The van der Waals surface area contributed by atoms with Crippen LogP contribution in [0, 0.1) is 0 Å². The molecule has 92 valence electrons. The molecule has 1 atom stereocenters. The highest BCUT2D eigenvalue weighted by molar-refractivity contribution is 7.09. The fraction of sp³-hybridized carbons (Fsp3) is 0.769. The normalized spacial score (nSPS) is 14.0. The van der Waals surface area contributed by atoms with E-state index in [4.69, 9.17) is 0 Å². The Labute approximate surface area is 103 Å². The molecule has 1 rings (SSSR count). The van der Waals surface area contributed by atoms with E-state index in [2.05, 4.69) is 38.0 Å². The summed E-state index contributed by atoms with van der Waals surface area (Å²) >= 11 is 1.73. The van der Waals surface area contributed by atoms with Crippen molar-refractivity contribution < 1.29 is 0 Å². The predicted octanol–water partition coefficient (Wildman–Crippen LogP) is 3.94. The van der Waals surface area contributed by atoms with Gasteiger partial charge in [0.05, 0.1) is 5.54 Å². The van der Waals surface area contributed by atoms with Gasteiger partial charge in [-0.05, 0) is 26.7 Å². The summed E-state index contributed by atoms with van der Waals surface area (Å²) in [7, 11) is 0. The standard InChI is InChI=1S/C13H24N2S/c1-5-7-8-11(6-2)15-13(3,4)12-14-9-10-16-12/h9-11,15H,5-8H2,1-4H3. The zero-order valence-electron chi connectivity index (χ0n) is 10.9. The van der Waals surface area contributed by atoms with Gasteiger partial charge in [0.2, 0.25) is 0 Å². The lowest BCUT2D eigenvalue weighted by atomic mass is 10.0. The van der Waals surface area contributed by atoms with Crippen molar-refractivity contribution in [3.05, 3.63) is 16.6 Å². The Morgan fingerprint density at radius 3 is 2.69 bits per heavy atom. The van der Waals surface area contributed by atoms with E-state index in [1.165, 1.54) is 30.7 Å². The van der Waals surface area contributed by atoms with Crippen LogP contribution in [0.2, 0.25) is 0 Å². The topological polar surface area (TPSA) is 24.9 Å². The van der Waals surface area contributed by atoms with Gasteiger partial charge >= 0.3 is 0 Å². The Morgan fingerprint density at radius 2 is 2.19 bits per heavy atom. The van der Waals surface area contributed by atoms with Gasteiger partial charge < -0.3 is 5.32 Å². The highest BCUT2D eigenvalue weighted by Crippen LogP contribution is 2.23. The molecule has 1 aromatic heterocycles. The Hall–Kier alpha value is -0.410. The van der Waals surface area contributed by atoms with E-state index in [0.717, 1.165) is 0 Å². The molecule has 0 aromatic carbocycles. The first-order valence-corrected chi connectivity index (χ1v) is 7.15. The van der Waals surface area contributed by atoms with E-state index in [0.29, 0.717) is 6.04 Å². The van der Waals surface area contributed by atoms with Gasteiger partial charge in [-0.2, -0.15) is 0 Å². The summed E-state index contributed by atoms with van der Waals surface area (Å²) in [5.74, 6) is 0. The highest BCUT2D eigenvalue weighted by atomic mass is 32.1. The van der Waals surface area contributed by atoms with Crippen LogP contribution >= 0.6 is 11.3 Å². The molecule has 1 aromatic rings. The lowest BCUT2D eigenvalue weighted by molar-refractivity contribution is 0.316. The molecular weight excluding hydrogens is 216 g/mol. The first-order chi connectivity index (χ1) is 7.60. The minimum absolute atomic E-state index is 0.00256. The Bertz CT molecular complexity index is 280. The maximum absolute atomic E-state index is 4.41. The SMILES string of the molecule is CCCCC(CC)NC(C)(C)c1nccs1. The summed E-state index contributed by atoms with van der Waals surface area (Å²) in [4.78, 5) is 4.41. The van der Waals surface area contributed by atoms with Crippen molar-refractivity contribution in [2.24, 2.45) is 0 Å². The van der Waals surface area contributed by atoms with E-state index in [-0.39, 0.29) is 5.54 Å². The number of thiazole rings is 1. The summed E-state index contributed by atoms with van der Waals surface area (Å²) in [5.41, 5.74) is 0.00256. The molecule has 1 heterocycles. The summed E-state index contributed by atoms with van der Waals surface area (Å²) in [6.45, 7) is 8.95. The van der Waals surface area contributed by atoms with Crippen LogP contribution in [0.5, 0.6) is 0 Å². The summed E-state index contributed by atoms with van der Waals surface area (Å²) in [6, 6.07) is 0.610. The van der Waals surface area contributed by atoms with Crippen molar-refractivity contribution in [3.63, 3.8) is 0 Å². The molecule has 0 bridgehead atoms. The minimum atomic E-state index is 0.00256. The van der Waals surface area contributed by atoms with Crippen LogP contribution in [-0.4, -0.2) is 11.0 Å². The van der Waals surface area contributed by atoms with Gasteiger partial charge in [-0.3, -0.25) is 0 Å². The molecule has 0 radical (unpaired) electrons. The molecule has 0 aliphatic heterocycles. The number of rotatable bonds is 7. The van der Waals surface area contributed by atoms with Crippen molar-refractivity contribution in [2.45, 2.75) is 65.0 Å². The largest absolute Gasteiger partial charge is 0.303 e. The average Bonchev–Trinajstić information content (AvgIpc) is 2.78. The number of nitrogens with one attached hydrogen (secondary N) is 1. The Balaban J connectivity index is 2.56. The fourth-order valence-electron chi connectivity index (χ4n) is 1.93. The monoisotopic (exact) mass is 240 g/mol. The minimum Gasteiger partial charge on any atom is -0.303 e. The van der Waals surface area contributed by atoms with E-state index in [9.17, 15) is 0 Å². The molecule has 0 amide bonds. The van der Waals surface area contributed by atoms with Crippen LogP contribution in [0.4, 0.5) is 0 Å². The van der Waals surface area contributed by atoms with Crippen molar-refractivity contribution in [1.29, 1.82) is 0 Å². The molecule has 3 heteroatoms. The molecule has 2 nitrogen and oxygen atoms in total. The molecule has 0 fully saturated rings. The number of hydrogen-bond donors (Lipinski definition) is 1. The van der Waals surface area contributed by atoms with Gasteiger partial charge in [0.15, 0.2) is 0 Å². The van der Waals surface area contributed by atoms with Crippen molar-refractivity contribution in [2.75, 3.05) is 0 Å². The molecule has 1 unspecified atom stereocenters. The molecule has 0 saturated heterocycles.